The summed E-state index contributed by atoms with van der Waals surface area (Å²) in [5.41, 5.74) is 0. The minimum absolute atomic E-state index is 0. The molecule has 0 saturated carbocycles. The molecule has 0 fully saturated rings. The van der Waals surface area contributed by atoms with Crippen LogP contribution in [0.1, 0.15) is 0 Å². The first-order valence-electron chi connectivity index (χ1n) is 4.77. The number of aromatic hydroxyl groups is 1. The molecule has 0 spiro atoms. The maximum Gasteiger partial charge on any atom is 1.00 e. The molecule has 0 atom stereocenters. The van der Waals surface area contributed by atoms with Crippen molar-refractivity contribution in [2.24, 2.45) is 0 Å². The average Bonchev–Trinajstić information content (AvgIpc) is 2.24. The van der Waals surface area contributed by atoms with Crippen molar-refractivity contribution in [2.45, 2.75) is 9.79 Å². The van der Waals surface area contributed by atoms with E-state index in [9.17, 15) is 31.0 Å². The summed E-state index contributed by atoms with van der Waals surface area (Å²) < 4.78 is 66.1. The second kappa shape index (κ2) is 5.99. The molecule has 0 aromatic heterocycles. The van der Waals surface area contributed by atoms with E-state index in [4.69, 9.17) is 0 Å². The van der Waals surface area contributed by atoms with Gasteiger partial charge in [-0.1, -0.05) is 6.07 Å². The summed E-state index contributed by atoms with van der Waals surface area (Å²) in [5.74, 6) is -0.296. The number of hydrogen-bond donors (Lipinski definition) is 1. The van der Waals surface area contributed by atoms with Crippen LogP contribution in [-0.2, 0) is 20.2 Å². The van der Waals surface area contributed by atoms with Crippen LogP contribution in [0.25, 0.3) is 10.8 Å². The second-order valence-corrected chi connectivity index (χ2v) is 6.46. The van der Waals surface area contributed by atoms with E-state index in [1.165, 1.54) is 12.1 Å². The molecule has 10 heteroatoms. The van der Waals surface area contributed by atoms with E-state index in [1.54, 1.807) is 0 Å². The molecule has 2 aromatic rings. The van der Waals surface area contributed by atoms with Gasteiger partial charge in [-0.25, -0.2) is 16.8 Å². The first kappa shape index (κ1) is 18.0. The van der Waals surface area contributed by atoms with E-state index >= 15 is 0 Å². The summed E-state index contributed by atoms with van der Waals surface area (Å²) in [5, 5.41) is 9.17. The molecule has 7 nitrogen and oxygen atoms in total. The van der Waals surface area contributed by atoms with Crippen LogP contribution in [0.4, 0.5) is 0 Å². The molecular formula is C10H6KO7S2-. The van der Waals surface area contributed by atoms with Gasteiger partial charge in [0.15, 0.2) is 0 Å². The van der Waals surface area contributed by atoms with E-state index in [1.807, 2.05) is 0 Å². The minimum atomic E-state index is -4.99. The fourth-order valence-corrected chi connectivity index (χ4v) is 2.96. The average molecular weight is 341 g/mol. The van der Waals surface area contributed by atoms with Crippen molar-refractivity contribution in [3.63, 3.8) is 0 Å². The first-order valence-corrected chi connectivity index (χ1v) is 7.59. The molecule has 0 radical (unpaired) electrons. The Labute approximate surface area is 157 Å². The monoisotopic (exact) mass is 341 g/mol. The molecule has 0 bridgehead atoms. The molecule has 0 aliphatic rings. The van der Waals surface area contributed by atoms with Crippen molar-refractivity contribution in [3.8, 4) is 5.75 Å². The molecule has 0 unspecified atom stereocenters. The van der Waals surface area contributed by atoms with Crippen molar-refractivity contribution >= 4 is 31.0 Å². The summed E-state index contributed by atoms with van der Waals surface area (Å²) in [6.07, 6.45) is 0. The summed E-state index contributed by atoms with van der Waals surface area (Å²) in [7, 11) is -9.90. The van der Waals surface area contributed by atoms with Gasteiger partial charge in [0.1, 0.15) is 26.0 Å². The molecule has 2 rings (SSSR count). The summed E-state index contributed by atoms with van der Waals surface area (Å²) in [6, 6.07) is 4.80. The van der Waals surface area contributed by atoms with Crippen molar-refractivity contribution in [3.05, 3.63) is 30.3 Å². The standard InChI is InChI=1S/C10H8O7S2.K/c11-7-2-1-6-3-8(18(12,13)14)5-10(9(6)4-7)19(15,16)17;/h1-5,11H,(H,12,13,14)(H,15,16,17);/q;+1/p-2. The quantitative estimate of drug-likeness (QED) is 0.466. The number of phenolic OH excluding ortho intramolecular Hbond substituents is 1. The Morgan fingerprint density at radius 1 is 0.900 bits per heavy atom. The van der Waals surface area contributed by atoms with Gasteiger partial charge in [0.05, 0.1) is 9.79 Å². The molecular weight excluding hydrogens is 335 g/mol. The Morgan fingerprint density at radius 3 is 2.00 bits per heavy atom. The van der Waals surface area contributed by atoms with E-state index in [0.29, 0.717) is 6.07 Å². The molecule has 0 heterocycles. The zero-order chi connectivity index (χ0) is 14.4. The number of fused-ring (bicyclic) bond motifs is 1. The topological polar surface area (TPSA) is 135 Å². The van der Waals surface area contributed by atoms with Gasteiger partial charge in [-0.3, -0.25) is 0 Å². The zero-order valence-corrected chi connectivity index (χ0v) is 14.9. The Bertz CT molecular complexity index is 872. The number of hydrogen-bond acceptors (Lipinski definition) is 7. The molecule has 2 aromatic carbocycles. The Morgan fingerprint density at radius 2 is 1.50 bits per heavy atom. The van der Waals surface area contributed by atoms with Crippen LogP contribution in [0.3, 0.4) is 0 Å². The van der Waals surface area contributed by atoms with E-state index < -0.39 is 30.0 Å². The van der Waals surface area contributed by atoms with Crippen molar-refractivity contribution in [1.82, 2.24) is 0 Å². The van der Waals surface area contributed by atoms with Crippen LogP contribution >= 0.6 is 0 Å². The fourth-order valence-electron chi connectivity index (χ4n) is 1.64. The van der Waals surface area contributed by atoms with Crippen molar-refractivity contribution in [1.29, 1.82) is 0 Å². The SMILES string of the molecule is O=S(=O)([O-])c1cc(S(=O)(=O)[O-])c2cc(O)ccc2c1.[K+]. The molecule has 0 amide bonds. The van der Waals surface area contributed by atoms with Gasteiger partial charge in [0.25, 0.3) is 0 Å². The van der Waals surface area contributed by atoms with Crippen LogP contribution in [-0.4, -0.2) is 31.0 Å². The van der Waals surface area contributed by atoms with Gasteiger partial charge in [-0.15, -0.1) is 0 Å². The molecule has 0 saturated heterocycles. The van der Waals surface area contributed by atoms with Crippen molar-refractivity contribution in [2.75, 3.05) is 0 Å². The first-order chi connectivity index (χ1) is 8.59. The zero-order valence-electron chi connectivity index (χ0n) is 10.1. The maximum atomic E-state index is 11.1. The van der Waals surface area contributed by atoms with Gasteiger partial charge in [-0.2, -0.15) is 0 Å². The summed E-state index contributed by atoms with van der Waals surface area (Å²) >= 11 is 0. The van der Waals surface area contributed by atoms with Crippen LogP contribution in [0.2, 0.25) is 0 Å². The molecule has 20 heavy (non-hydrogen) atoms. The van der Waals surface area contributed by atoms with Gasteiger partial charge >= 0.3 is 51.4 Å². The molecule has 102 valence electrons. The minimum Gasteiger partial charge on any atom is -0.744 e. The van der Waals surface area contributed by atoms with E-state index in [0.717, 1.165) is 12.1 Å². The van der Waals surface area contributed by atoms with Gasteiger partial charge in [-0.05, 0) is 29.7 Å². The Kier molecular flexibility index (Phi) is 5.39. The smallest absolute Gasteiger partial charge is 0.744 e. The Hall–Kier alpha value is -0.0436. The van der Waals surface area contributed by atoms with Crippen LogP contribution in [0.5, 0.6) is 5.75 Å². The summed E-state index contributed by atoms with van der Waals surface area (Å²) in [4.78, 5) is -1.68. The molecule has 0 aliphatic heterocycles. The maximum absolute atomic E-state index is 11.1. The predicted octanol–water partition coefficient (Wildman–Crippen LogP) is -2.64. The number of phenols is 1. The van der Waals surface area contributed by atoms with Gasteiger partial charge < -0.3 is 14.2 Å². The number of benzene rings is 2. The summed E-state index contributed by atoms with van der Waals surface area (Å²) in [6.45, 7) is 0. The van der Waals surface area contributed by atoms with Crippen LogP contribution in [0.15, 0.2) is 40.1 Å². The third-order valence-corrected chi connectivity index (χ3v) is 4.12. The third kappa shape index (κ3) is 3.78. The van der Waals surface area contributed by atoms with Crippen LogP contribution in [0, 0.1) is 0 Å². The van der Waals surface area contributed by atoms with Crippen molar-refractivity contribution < 1.29 is 82.4 Å². The van der Waals surface area contributed by atoms with E-state index in [-0.39, 0.29) is 67.9 Å². The normalized spacial score (nSPS) is 12.1. The van der Waals surface area contributed by atoms with E-state index in [2.05, 4.69) is 0 Å². The second-order valence-electron chi connectivity index (χ2n) is 3.74. The molecule has 0 aliphatic carbocycles. The fraction of sp³-hybridized carbons (Fsp3) is 0. The Balaban J connectivity index is 0.00000200. The van der Waals surface area contributed by atoms with Gasteiger partial charge in [0.2, 0.25) is 0 Å². The van der Waals surface area contributed by atoms with Gasteiger partial charge in [0, 0.05) is 5.39 Å². The number of rotatable bonds is 2. The largest absolute Gasteiger partial charge is 1.00 e. The molecule has 1 N–H and O–H groups in total. The third-order valence-electron chi connectivity index (χ3n) is 2.43. The van der Waals surface area contributed by atoms with Crippen LogP contribution < -0.4 is 51.4 Å². The predicted molar refractivity (Wildman–Crippen MR) is 61.5 cm³/mol.